The molecular weight excluding hydrogens is 475 g/mol. The number of phosphoric acid groups is 1. The SMILES string of the molecule is Cn1c(=O)n2c(=O)c3c1nc(n3CCN1CCC(c3c[nH]c4ccccc34)CC1)OP1(=O)OC2O1. The number of para-hydroxylation sites is 1. The highest BCUT2D eigenvalue weighted by Gasteiger charge is 2.51. The zero-order valence-corrected chi connectivity index (χ0v) is 19.8. The molecule has 4 aromatic rings. The summed E-state index contributed by atoms with van der Waals surface area (Å²) in [7, 11) is -2.41. The fourth-order valence-electron chi connectivity index (χ4n) is 5.39. The molecule has 0 amide bonds. The summed E-state index contributed by atoms with van der Waals surface area (Å²) < 4.78 is 32.0. The zero-order valence-electron chi connectivity index (χ0n) is 18.9. The number of nitrogens with one attached hydrogen (secondary N) is 1. The molecule has 2 saturated heterocycles. The van der Waals surface area contributed by atoms with E-state index in [9.17, 15) is 14.2 Å². The molecule has 0 radical (unpaired) electrons. The Labute approximate surface area is 198 Å². The van der Waals surface area contributed by atoms with Crippen molar-refractivity contribution < 1.29 is 18.1 Å². The quantitative estimate of drug-likeness (QED) is 0.425. The molecule has 12 nitrogen and oxygen atoms in total. The summed E-state index contributed by atoms with van der Waals surface area (Å²) in [6.45, 7) is 2.83. The van der Waals surface area contributed by atoms with Crippen LogP contribution in [-0.4, -0.2) is 48.2 Å². The number of fused-ring (bicyclic) bond motifs is 1. The van der Waals surface area contributed by atoms with Crippen LogP contribution in [0.5, 0.6) is 6.01 Å². The summed E-state index contributed by atoms with van der Waals surface area (Å²) in [4.78, 5) is 35.9. The molecule has 0 spiro atoms. The number of benzene rings is 1. The summed E-state index contributed by atoms with van der Waals surface area (Å²) in [6, 6.07) is 8.31. The molecule has 0 aliphatic carbocycles. The number of imidazole rings is 1. The van der Waals surface area contributed by atoms with Gasteiger partial charge < -0.3 is 14.4 Å². The molecule has 4 aliphatic rings. The highest BCUT2D eigenvalue weighted by Crippen LogP contribution is 2.63. The first-order chi connectivity index (χ1) is 16.9. The van der Waals surface area contributed by atoms with Crippen LogP contribution >= 0.6 is 7.82 Å². The summed E-state index contributed by atoms with van der Waals surface area (Å²) >= 11 is 0. The average Bonchev–Trinajstić information content (AvgIpc) is 3.43. The molecule has 7 heterocycles. The maximum Gasteiger partial charge on any atom is 0.540 e. The minimum atomic E-state index is -3.92. The summed E-state index contributed by atoms with van der Waals surface area (Å²) in [5.74, 6) is 0.484. The Morgan fingerprint density at radius 2 is 1.91 bits per heavy atom. The number of H-pyrrole nitrogens is 1. The molecule has 4 aliphatic heterocycles. The fourth-order valence-corrected chi connectivity index (χ4v) is 6.46. The third-order valence-corrected chi connectivity index (χ3v) is 8.54. The normalized spacial score (nSPS) is 24.4. The van der Waals surface area contributed by atoms with Crippen LogP contribution < -0.4 is 15.8 Å². The third kappa shape index (κ3) is 3.10. The van der Waals surface area contributed by atoms with Crippen molar-refractivity contribution in [3.05, 3.63) is 56.9 Å². The maximum atomic E-state index is 13.2. The van der Waals surface area contributed by atoms with Gasteiger partial charge in [-0.2, -0.15) is 4.98 Å². The number of piperidine rings is 1. The summed E-state index contributed by atoms with van der Waals surface area (Å²) in [5.41, 5.74) is 1.63. The lowest BCUT2D eigenvalue weighted by atomic mass is 9.89. The van der Waals surface area contributed by atoms with Crippen LogP contribution in [0, 0.1) is 0 Å². The maximum absolute atomic E-state index is 13.2. The molecule has 0 unspecified atom stereocenters. The van der Waals surface area contributed by atoms with E-state index in [2.05, 4.69) is 39.3 Å². The summed E-state index contributed by atoms with van der Waals surface area (Å²) in [5, 5.41) is 1.28. The van der Waals surface area contributed by atoms with E-state index in [1.807, 2.05) is 6.07 Å². The molecule has 0 saturated carbocycles. The van der Waals surface area contributed by atoms with E-state index < -0.39 is 25.5 Å². The Morgan fingerprint density at radius 3 is 2.71 bits per heavy atom. The van der Waals surface area contributed by atoms with Crippen molar-refractivity contribution in [2.45, 2.75) is 31.7 Å². The van der Waals surface area contributed by atoms with E-state index >= 15 is 0 Å². The van der Waals surface area contributed by atoms with Crippen LogP contribution in [0.4, 0.5) is 0 Å². The largest absolute Gasteiger partial charge is 0.540 e. The first kappa shape index (κ1) is 21.1. The minimum absolute atomic E-state index is 0.0535. The molecule has 5 bridgehead atoms. The van der Waals surface area contributed by atoms with Crippen molar-refractivity contribution in [2.24, 2.45) is 7.05 Å². The molecule has 8 rings (SSSR count). The van der Waals surface area contributed by atoms with Crippen molar-refractivity contribution >= 4 is 29.9 Å². The Bertz CT molecular complexity index is 1650. The topological polar surface area (TPSA) is 126 Å². The van der Waals surface area contributed by atoms with Gasteiger partial charge in [0.25, 0.3) is 12.0 Å². The highest BCUT2D eigenvalue weighted by molar-refractivity contribution is 7.49. The van der Waals surface area contributed by atoms with Crippen molar-refractivity contribution in [3.63, 3.8) is 0 Å². The molecule has 3 aromatic heterocycles. The molecule has 182 valence electrons. The summed E-state index contributed by atoms with van der Waals surface area (Å²) in [6.07, 6.45) is 2.80. The van der Waals surface area contributed by atoms with Gasteiger partial charge in [-0.15, -0.1) is 0 Å². The lowest BCUT2D eigenvalue weighted by Crippen LogP contribution is -2.45. The number of hydrogen-bond acceptors (Lipinski definition) is 8. The standard InChI is InChI=1S/C22H23N6O6P/c1-25-18-17-19(29)28(21(25)30)22-33-35(31,34-22)32-20(24-18)27(17)11-10-26-8-6-13(7-9-26)15-12-23-16-5-3-2-4-14(15)16/h2-5,12-13,22-23H,6-11H2,1H3. The van der Waals surface area contributed by atoms with Gasteiger partial charge in [0, 0.05) is 37.2 Å². The predicted molar refractivity (Wildman–Crippen MR) is 125 cm³/mol. The van der Waals surface area contributed by atoms with Gasteiger partial charge in [-0.05, 0) is 43.5 Å². The number of nitrogens with zero attached hydrogens (tertiary/aromatic N) is 5. The second-order valence-corrected chi connectivity index (χ2v) is 10.7. The second-order valence-electron chi connectivity index (χ2n) is 9.20. The van der Waals surface area contributed by atoms with Gasteiger partial charge in [0.05, 0.1) is 0 Å². The average molecular weight is 498 g/mol. The van der Waals surface area contributed by atoms with E-state index in [0.29, 0.717) is 19.0 Å². The molecular formula is C22H23N6O6P. The number of phosphoric ester groups is 1. The van der Waals surface area contributed by atoms with Gasteiger partial charge in [0.15, 0.2) is 11.2 Å². The van der Waals surface area contributed by atoms with Gasteiger partial charge >= 0.3 is 19.5 Å². The van der Waals surface area contributed by atoms with Crippen LogP contribution in [0.25, 0.3) is 22.1 Å². The molecule has 13 heteroatoms. The number of likely N-dealkylation sites (tertiary alicyclic amines) is 1. The van der Waals surface area contributed by atoms with Gasteiger partial charge in [0.1, 0.15) is 0 Å². The van der Waals surface area contributed by atoms with Crippen LogP contribution in [0.2, 0.25) is 0 Å². The second kappa shape index (κ2) is 7.41. The van der Waals surface area contributed by atoms with E-state index in [-0.39, 0.29) is 17.2 Å². The lowest BCUT2D eigenvalue weighted by molar-refractivity contribution is -0.170. The fraction of sp³-hybridized carbons (Fsp3) is 0.409. The first-order valence-corrected chi connectivity index (χ1v) is 13.0. The van der Waals surface area contributed by atoms with Gasteiger partial charge in [-0.25, -0.2) is 23.0 Å². The van der Waals surface area contributed by atoms with Crippen molar-refractivity contribution in [1.29, 1.82) is 0 Å². The van der Waals surface area contributed by atoms with Crippen LogP contribution in [0.15, 0.2) is 40.1 Å². The first-order valence-electron chi connectivity index (χ1n) is 11.6. The lowest BCUT2D eigenvalue weighted by Gasteiger charge is -2.33. The van der Waals surface area contributed by atoms with E-state index in [0.717, 1.165) is 36.0 Å². The Hall–Kier alpha value is -3.18. The van der Waals surface area contributed by atoms with Gasteiger partial charge in [-0.1, -0.05) is 18.2 Å². The van der Waals surface area contributed by atoms with E-state index in [4.69, 9.17) is 13.6 Å². The van der Waals surface area contributed by atoms with Gasteiger partial charge in [0.2, 0.25) is 0 Å². The molecule has 0 atom stereocenters. The molecule has 1 N–H and O–H groups in total. The van der Waals surface area contributed by atoms with E-state index in [1.165, 1.54) is 22.6 Å². The van der Waals surface area contributed by atoms with Crippen molar-refractivity contribution in [2.75, 3.05) is 19.6 Å². The van der Waals surface area contributed by atoms with Crippen LogP contribution in [0.1, 0.15) is 30.7 Å². The number of aromatic amines is 1. The number of rotatable bonds is 4. The Morgan fingerprint density at radius 1 is 1.14 bits per heavy atom. The molecule has 2 fully saturated rings. The van der Waals surface area contributed by atoms with Crippen LogP contribution in [0.3, 0.4) is 0 Å². The third-order valence-electron chi connectivity index (χ3n) is 7.28. The van der Waals surface area contributed by atoms with Crippen molar-refractivity contribution in [3.8, 4) is 6.01 Å². The minimum Gasteiger partial charge on any atom is -0.369 e. The zero-order chi connectivity index (χ0) is 23.9. The Kier molecular flexibility index (Phi) is 4.47. The van der Waals surface area contributed by atoms with Gasteiger partial charge in [-0.3, -0.25) is 13.9 Å². The number of aromatic nitrogens is 5. The molecule has 35 heavy (non-hydrogen) atoms. The monoisotopic (exact) mass is 498 g/mol. The Balaban J connectivity index is 1.15. The molecule has 1 aromatic carbocycles. The van der Waals surface area contributed by atoms with E-state index in [1.54, 1.807) is 4.57 Å². The smallest absolute Gasteiger partial charge is 0.369 e. The highest BCUT2D eigenvalue weighted by atomic mass is 31.2. The van der Waals surface area contributed by atoms with Crippen LogP contribution in [-0.2, 0) is 27.2 Å². The predicted octanol–water partition coefficient (Wildman–Crippen LogP) is 2.26. The number of aryl methyl sites for hydroxylation is 1. The number of hydrogen-bond donors (Lipinski definition) is 1. The van der Waals surface area contributed by atoms with Crippen molar-refractivity contribution in [1.82, 2.24) is 28.6 Å².